The van der Waals surface area contributed by atoms with Crippen LogP contribution in [0.1, 0.15) is 5.56 Å². The van der Waals surface area contributed by atoms with Gasteiger partial charge in [-0.3, -0.25) is 0 Å². The first kappa shape index (κ1) is 17.0. The van der Waals surface area contributed by atoms with Gasteiger partial charge in [0.05, 0.1) is 25.3 Å². The molecule has 114 valence electrons. The molecule has 0 amide bonds. The quantitative estimate of drug-likeness (QED) is 0.671. The van der Waals surface area contributed by atoms with Crippen molar-refractivity contribution in [1.29, 1.82) is 0 Å². The first-order chi connectivity index (χ1) is 9.72. The average Bonchev–Trinajstić information content (AvgIpc) is 2.45. The zero-order valence-electron chi connectivity index (χ0n) is 12.2. The lowest BCUT2D eigenvalue weighted by Crippen LogP contribution is -2.18. The maximum Gasteiger partial charge on any atom is 0.179 e. The first-order valence-corrected chi connectivity index (χ1v) is 6.78. The van der Waals surface area contributed by atoms with Gasteiger partial charge in [-0.15, -0.1) is 0 Å². The number of hydrogen-bond donors (Lipinski definition) is 1. The van der Waals surface area contributed by atoms with Crippen molar-refractivity contribution < 1.29 is 18.9 Å². The van der Waals surface area contributed by atoms with E-state index in [1.54, 1.807) is 21.3 Å². The van der Waals surface area contributed by atoms with Crippen LogP contribution in [-0.2, 0) is 16.0 Å². The largest absolute Gasteiger partial charge is 0.493 e. The molecule has 1 aromatic rings. The number of hydrogen-bond acceptors (Lipinski definition) is 5. The molecule has 0 heterocycles. The summed E-state index contributed by atoms with van der Waals surface area (Å²) in [7, 11) is 4.89. The van der Waals surface area contributed by atoms with E-state index in [-0.39, 0.29) is 0 Å². The third-order valence-corrected chi connectivity index (χ3v) is 2.92. The fourth-order valence-electron chi connectivity index (χ4n) is 1.65. The fraction of sp³-hybridized carbons (Fsp3) is 0.571. The number of ether oxygens (including phenoxy) is 4. The summed E-state index contributed by atoms with van der Waals surface area (Å²) < 4.78 is 20.8. The highest BCUT2D eigenvalue weighted by Gasteiger charge is 2.11. The van der Waals surface area contributed by atoms with Crippen LogP contribution in [0.2, 0.25) is 5.02 Å². The molecule has 1 aromatic carbocycles. The molecule has 0 radical (unpaired) electrons. The summed E-state index contributed by atoms with van der Waals surface area (Å²) in [6, 6.07) is 3.78. The van der Waals surface area contributed by atoms with Crippen molar-refractivity contribution in [2.24, 2.45) is 0 Å². The molecule has 0 bridgehead atoms. The Labute approximate surface area is 125 Å². The van der Waals surface area contributed by atoms with Gasteiger partial charge >= 0.3 is 0 Å². The Morgan fingerprint density at radius 3 is 2.45 bits per heavy atom. The minimum Gasteiger partial charge on any atom is -0.493 e. The van der Waals surface area contributed by atoms with Gasteiger partial charge in [-0.25, -0.2) is 0 Å². The predicted molar refractivity (Wildman–Crippen MR) is 79.0 cm³/mol. The fourth-order valence-corrected chi connectivity index (χ4v) is 1.94. The lowest BCUT2D eigenvalue weighted by molar-refractivity contribution is 0.144. The van der Waals surface area contributed by atoms with Crippen LogP contribution in [0, 0.1) is 0 Å². The minimum absolute atomic E-state index is 0.429. The summed E-state index contributed by atoms with van der Waals surface area (Å²) in [5.74, 6) is 1.17. The molecule has 0 saturated heterocycles. The molecule has 0 spiro atoms. The third-order valence-electron chi connectivity index (χ3n) is 2.64. The van der Waals surface area contributed by atoms with Crippen LogP contribution in [0.4, 0.5) is 0 Å². The number of halogens is 1. The van der Waals surface area contributed by atoms with Crippen LogP contribution in [0.3, 0.4) is 0 Å². The second-order valence-electron chi connectivity index (χ2n) is 4.12. The van der Waals surface area contributed by atoms with Gasteiger partial charge in [-0.05, 0) is 17.7 Å². The van der Waals surface area contributed by atoms with Crippen molar-refractivity contribution in [3.8, 4) is 11.5 Å². The lowest BCUT2D eigenvalue weighted by atomic mass is 10.2. The lowest BCUT2D eigenvalue weighted by Gasteiger charge is -2.14. The van der Waals surface area contributed by atoms with Gasteiger partial charge in [0.1, 0.15) is 6.61 Å². The summed E-state index contributed by atoms with van der Waals surface area (Å²) >= 11 is 6.23. The summed E-state index contributed by atoms with van der Waals surface area (Å²) in [6.45, 7) is 3.07. The van der Waals surface area contributed by atoms with Crippen LogP contribution in [0.15, 0.2) is 12.1 Å². The number of methoxy groups -OCH3 is 3. The molecule has 0 saturated carbocycles. The summed E-state index contributed by atoms with van der Waals surface area (Å²) in [6.07, 6.45) is 0. The highest BCUT2D eigenvalue weighted by molar-refractivity contribution is 6.32. The zero-order chi connectivity index (χ0) is 14.8. The Morgan fingerprint density at radius 1 is 1.05 bits per heavy atom. The van der Waals surface area contributed by atoms with Crippen molar-refractivity contribution in [2.45, 2.75) is 6.54 Å². The van der Waals surface area contributed by atoms with E-state index >= 15 is 0 Å². The third kappa shape index (κ3) is 5.54. The van der Waals surface area contributed by atoms with E-state index in [1.807, 2.05) is 12.1 Å². The van der Waals surface area contributed by atoms with E-state index in [0.717, 1.165) is 12.1 Å². The topological polar surface area (TPSA) is 49.0 Å². The van der Waals surface area contributed by atoms with Gasteiger partial charge in [0.25, 0.3) is 0 Å². The van der Waals surface area contributed by atoms with E-state index in [0.29, 0.717) is 42.9 Å². The van der Waals surface area contributed by atoms with Gasteiger partial charge in [0.2, 0.25) is 0 Å². The van der Waals surface area contributed by atoms with Crippen LogP contribution >= 0.6 is 11.6 Å². The van der Waals surface area contributed by atoms with Crippen molar-refractivity contribution in [1.82, 2.24) is 5.32 Å². The predicted octanol–water partition coefficient (Wildman–Crippen LogP) is 2.11. The van der Waals surface area contributed by atoms with Crippen molar-refractivity contribution >= 4 is 11.6 Å². The number of nitrogens with one attached hydrogen (secondary N) is 1. The molecule has 1 rings (SSSR count). The van der Waals surface area contributed by atoms with Crippen LogP contribution in [0.25, 0.3) is 0 Å². The first-order valence-electron chi connectivity index (χ1n) is 6.40. The molecule has 0 aliphatic rings. The smallest absolute Gasteiger partial charge is 0.179 e. The number of rotatable bonds is 10. The molecule has 0 aliphatic carbocycles. The van der Waals surface area contributed by atoms with Crippen molar-refractivity contribution in [2.75, 3.05) is 47.7 Å². The molecule has 6 heteroatoms. The molecule has 0 aromatic heterocycles. The maximum absolute atomic E-state index is 6.23. The van der Waals surface area contributed by atoms with Crippen molar-refractivity contribution in [3.05, 3.63) is 22.7 Å². The standard InChI is InChI=1S/C14H22ClNO4/c1-17-5-4-16-10-11-8-12(15)14(13(9-11)19-3)20-7-6-18-2/h8-9,16H,4-7,10H2,1-3H3. The van der Waals surface area contributed by atoms with Gasteiger partial charge in [0.15, 0.2) is 11.5 Å². The zero-order valence-corrected chi connectivity index (χ0v) is 13.0. The normalized spacial score (nSPS) is 10.6. The van der Waals surface area contributed by atoms with E-state index in [4.69, 9.17) is 30.5 Å². The second kappa shape index (κ2) is 9.83. The summed E-state index contributed by atoms with van der Waals surface area (Å²) in [4.78, 5) is 0. The van der Waals surface area contributed by atoms with Crippen LogP contribution in [0.5, 0.6) is 11.5 Å². The SMILES string of the molecule is COCCNCc1cc(Cl)c(OCCOC)c(OC)c1. The van der Waals surface area contributed by atoms with Crippen molar-refractivity contribution in [3.63, 3.8) is 0 Å². The van der Waals surface area contributed by atoms with Crippen LogP contribution < -0.4 is 14.8 Å². The highest BCUT2D eigenvalue weighted by Crippen LogP contribution is 2.36. The van der Waals surface area contributed by atoms with Crippen LogP contribution in [-0.4, -0.2) is 47.7 Å². The molecular formula is C14H22ClNO4. The van der Waals surface area contributed by atoms with Gasteiger partial charge in [-0.2, -0.15) is 0 Å². The summed E-state index contributed by atoms with van der Waals surface area (Å²) in [5, 5.41) is 3.78. The summed E-state index contributed by atoms with van der Waals surface area (Å²) in [5.41, 5.74) is 1.03. The molecule has 5 nitrogen and oxygen atoms in total. The van der Waals surface area contributed by atoms with E-state index in [1.165, 1.54) is 0 Å². The van der Waals surface area contributed by atoms with Gasteiger partial charge in [0, 0.05) is 27.3 Å². The van der Waals surface area contributed by atoms with Gasteiger partial charge in [-0.1, -0.05) is 11.6 Å². The Kier molecular flexibility index (Phi) is 8.37. The monoisotopic (exact) mass is 303 g/mol. The molecule has 0 fully saturated rings. The Balaban J connectivity index is 2.68. The van der Waals surface area contributed by atoms with Gasteiger partial charge < -0.3 is 24.3 Å². The highest BCUT2D eigenvalue weighted by atomic mass is 35.5. The molecule has 20 heavy (non-hydrogen) atoms. The maximum atomic E-state index is 6.23. The second-order valence-corrected chi connectivity index (χ2v) is 4.53. The average molecular weight is 304 g/mol. The number of benzene rings is 1. The molecule has 0 unspecified atom stereocenters. The Bertz CT molecular complexity index is 401. The Hall–Kier alpha value is -1.01. The molecule has 0 atom stereocenters. The van der Waals surface area contributed by atoms with E-state index in [2.05, 4.69) is 5.32 Å². The van der Waals surface area contributed by atoms with E-state index in [9.17, 15) is 0 Å². The molecular weight excluding hydrogens is 282 g/mol. The molecule has 1 N–H and O–H groups in total. The minimum atomic E-state index is 0.429. The Morgan fingerprint density at radius 2 is 1.80 bits per heavy atom. The molecule has 0 aliphatic heterocycles. The van der Waals surface area contributed by atoms with E-state index < -0.39 is 0 Å².